The molecule has 0 aliphatic rings. The molecule has 1 aromatic rings. The molecule has 7 N–H and O–H groups in total. The van der Waals surface area contributed by atoms with Gasteiger partial charge in [-0.25, -0.2) is 0 Å². The highest BCUT2D eigenvalue weighted by Gasteiger charge is 2.30. The molecule has 0 spiro atoms. The van der Waals surface area contributed by atoms with Gasteiger partial charge in [0.2, 0.25) is 5.91 Å². The summed E-state index contributed by atoms with van der Waals surface area (Å²) in [5.74, 6) is -2.99. The Balaban J connectivity index is 3.73. The lowest BCUT2D eigenvalue weighted by Crippen LogP contribution is -2.39. The van der Waals surface area contributed by atoms with Gasteiger partial charge in [0, 0.05) is 44.0 Å². The van der Waals surface area contributed by atoms with Gasteiger partial charge in [-0.1, -0.05) is 0 Å². The van der Waals surface area contributed by atoms with Gasteiger partial charge < -0.3 is 45.8 Å². The zero-order valence-corrected chi connectivity index (χ0v) is 20.8. The minimum atomic E-state index is -1.18. The maximum atomic E-state index is 13.3. The van der Waals surface area contributed by atoms with Crippen molar-refractivity contribution < 1.29 is 45.0 Å². The summed E-state index contributed by atoms with van der Waals surface area (Å²) in [6.07, 6.45) is -2.37. The molecule has 198 valence electrons. The van der Waals surface area contributed by atoms with Gasteiger partial charge in [-0.2, -0.15) is 0 Å². The van der Waals surface area contributed by atoms with Crippen molar-refractivity contribution in [3.05, 3.63) is 27.8 Å². The molecule has 0 saturated heterocycles. The number of aliphatic hydroxyl groups excluding tert-OH is 6. The topological polar surface area (TPSA) is 191 Å². The van der Waals surface area contributed by atoms with Crippen LogP contribution in [-0.2, 0) is 4.79 Å². The summed E-state index contributed by atoms with van der Waals surface area (Å²) in [7, 11) is 2.83. The van der Waals surface area contributed by atoms with E-state index >= 15 is 0 Å². The van der Waals surface area contributed by atoms with E-state index in [1.165, 1.54) is 23.9 Å². The molecule has 0 aliphatic heterocycles. The third kappa shape index (κ3) is 7.19. The lowest BCUT2D eigenvalue weighted by Gasteiger charge is -2.28. The molecule has 0 fully saturated rings. The molecule has 0 aliphatic carbocycles. The Bertz CT molecular complexity index is 861. The van der Waals surface area contributed by atoms with E-state index in [1.54, 1.807) is 20.8 Å². The minimum Gasteiger partial charge on any atom is -0.395 e. The van der Waals surface area contributed by atoms with E-state index in [0.29, 0.717) is 16.7 Å². The van der Waals surface area contributed by atoms with Crippen LogP contribution in [0.2, 0.25) is 0 Å². The molecule has 2 atom stereocenters. The molecule has 1 aromatic carbocycles. The first-order valence-electron chi connectivity index (χ1n) is 11.1. The average molecular weight is 500 g/mol. The molecular formula is C23H37N3O9. The summed E-state index contributed by atoms with van der Waals surface area (Å²) in [6.45, 7) is 1.97. The van der Waals surface area contributed by atoms with Crippen molar-refractivity contribution in [2.24, 2.45) is 5.92 Å². The highest BCUT2D eigenvalue weighted by molar-refractivity contribution is 6.08. The van der Waals surface area contributed by atoms with Crippen LogP contribution in [0.25, 0.3) is 0 Å². The van der Waals surface area contributed by atoms with E-state index in [-0.39, 0.29) is 29.9 Å². The molecule has 35 heavy (non-hydrogen) atoms. The molecule has 0 heterocycles. The van der Waals surface area contributed by atoms with E-state index in [4.69, 9.17) is 10.2 Å². The van der Waals surface area contributed by atoms with Crippen molar-refractivity contribution in [3.63, 3.8) is 0 Å². The fraction of sp³-hybridized carbons (Fsp3) is 0.609. The quantitative estimate of drug-likeness (QED) is 0.170. The zero-order chi connectivity index (χ0) is 27.0. The third-order valence-electron chi connectivity index (χ3n) is 5.82. The van der Waals surface area contributed by atoms with Crippen molar-refractivity contribution in [2.45, 2.75) is 33.0 Å². The second-order valence-electron chi connectivity index (χ2n) is 8.60. The number of nitrogens with zero attached hydrogens (tertiary/aromatic N) is 2. The van der Waals surface area contributed by atoms with Crippen LogP contribution >= 0.6 is 0 Å². The molecule has 12 heteroatoms. The zero-order valence-electron chi connectivity index (χ0n) is 20.8. The number of carbonyl (C=O) groups is 3. The van der Waals surface area contributed by atoms with Crippen molar-refractivity contribution >= 4 is 23.4 Å². The number of benzene rings is 1. The molecule has 0 aromatic heterocycles. The van der Waals surface area contributed by atoms with E-state index in [2.05, 4.69) is 5.32 Å². The summed E-state index contributed by atoms with van der Waals surface area (Å²) >= 11 is 0. The van der Waals surface area contributed by atoms with Crippen LogP contribution in [0, 0.1) is 26.7 Å². The molecule has 0 bridgehead atoms. The van der Waals surface area contributed by atoms with Gasteiger partial charge in [0.15, 0.2) is 0 Å². The maximum absolute atomic E-state index is 13.3. The standard InChI is InChI=1S/C23H37N3O9/c1-12-18(22(34)25(4)6-16(31)10-29)13(2)20(24-21(33)15(8-27)9-28)14(3)19(12)23(35)26(5)7-17(32)11-30/h15-17,27-32H,6-11H2,1-5H3,(H,24,33). The monoisotopic (exact) mass is 499 g/mol. The number of amides is 3. The first-order valence-corrected chi connectivity index (χ1v) is 11.1. The van der Waals surface area contributed by atoms with Gasteiger partial charge in [-0.3, -0.25) is 14.4 Å². The highest BCUT2D eigenvalue weighted by atomic mass is 16.3. The van der Waals surface area contributed by atoms with Crippen molar-refractivity contribution in [1.29, 1.82) is 0 Å². The van der Waals surface area contributed by atoms with Crippen LogP contribution in [0.5, 0.6) is 0 Å². The highest BCUT2D eigenvalue weighted by Crippen LogP contribution is 2.33. The molecule has 12 nitrogen and oxygen atoms in total. The molecule has 2 unspecified atom stereocenters. The smallest absolute Gasteiger partial charge is 0.254 e. The van der Waals surface area contributed by atoms with Crippen LogP contribution in [0.3, 0.4) is 0 Å². The third-order valence-corrected chi connectivity index (χ3v) is 5.82. The van der Waals surface area contributed by atoms with Gasteiger partial charge in [0.05, 0.1) is 44.6 Å². The maximum Gasteiger partial charge on any atom is 0.254 e. The number of rotatable bonds is 12. The van der Waals surface area contributed by atoms with Crippen molar-refractivity contribution in [3.8, 4) is 0 Å². The SMILES string of the molecule is Cc1c(NC(=O)C(CO)CO)c(C)c(C(=O)N(C)CC(O)CO)c(C)c1C(=O)N(C)CC(O)CO. The summed E-state index contributed by atoms with van der Waals surface area (Å²) in [5, 5.41) is 59.1. The number of likely N-dealkylation sites (N-methyl/N-ethyl adjacent to an activating group) is 2. The summed E-state index contributed by atoms with van der Waals surface area (Å²) in [5.41, 5.74) is 1.27. The Hall–Kier alpha value is -2.61. The van der Waals surface area contributed by atoms with Gasteiger partial charge in [-0.05, 0) is 37.5 Å². The number of nitrogens with one attached hydrogen (secondary N) is 1. The lowest BCUT2D eigenvalue weighted by molar-refractivity contribution is -0.122. The van der Waals surface area contributed by atoms with Crippen LogP contribution in [-0.4, -0.2) is 124 Å². The second kappa shape index (κ2) is 13.5. The van der Waals surface area contributed by atoms with Crippen molar-refractivity contribution in [2.75, 3.05) is 58.9 Å². The fourth-order valence-corrected chi connectivity index (χ4v) is 3.79. The molecule has 1 rings (SSSR count). The number of hydrogen-bond acceptors (Lipinski definition) is 9. The van der Waals surface area contributed by atoms with E-state index in [9.17, 15) is 34.8 Å². The Morgan fingerprint density at radius 2 is 1.09 bits per heavy atom. The Labute approximate surface area is 204 Å². The summed E-state index contributed by atoms with van der Waals surface area (Å²) in [6, 6.07) is 0. The Morgan fingerprint density at radius 1 is 0.714 bits per heavy atom. The average Bonchev–Trinajstić information content (AvgIpc) is 2.81. The first-order chi connectivity index (χ1) is 16.4. The minimum absolute atomic E-state index is 0.0857. The molecular weight excluding hydrogens is 462 g/mol. The van der Waals surface area contributed by atoms with Crippen LogP contribution in [0.4, 0.5) is 5.69 Å². The normalized spacial score (nSPS) is 12.9. The fourth-order valence-electron chi connectivity index (χ4n) is 3.79. The number of carbonyl (C=O) groups excluding carboxylic acids is 3. The first kappa shape index (κ1) is 30.4. The van der Waals surface area contributed by atoms with E-state index in [0.717, 1.165) is 0 Å². The number of anilines is 1. The predicted molar refractivity (Wildman–Crippen MR) is 127 cm³/mol. The second-order valence-corrected chi connectivity index (χ2v) is 8.60. The molecule has 3 amide bonds. The van der Waals surface area contributed by atoms with Gasteiger partial charge in [-0.15, -0.1) is 0 Å². The van der Waals surface area contributed by atoms with Crippen molar-refractivity contribution in [1.82, 2.24) is 9.80 Å². The lowest BCUT2D eigenvalue weighted by atomic mass is 9.89. The van der Waals surface area contributed by atoms with Crippen LogP contribution in [0.15, 0.2) is 0 Å². The number of hydrogen-bond donors (Lipinski definition) is 7. The van der Waals surface area contributed by atoms with Gasteiger partial charge in [0.25, 0.3) is 11.8 Å². The van der Waals surface area contributed by atoms with E-state index < -0.39 is 62.3 Å². The predicted octanol–water partition coefficient (Wildman–Crippen LogP) is -2.00. The van der Waals surface area contributed by atoms with Gasteiger partial charge >= 0.3 is 0 Å². The summed E-state index contributed by atoms with van der Waals surface area (Å²) < 4.78 is 0. The van der Waals surface area contributed by atoms with Gasteiger partial charge in [0.1, 0.15) is 0 Å². The molecule has 0 saturated carbocycles. The van der Waals surface area contributed by atoms with Crippen LogP contribution in [0.1, 0.15) is 37.4 Å². The number of aliphatic hydroxyl groups is 6. The largest absolute Gasteiger partial charge is 0.395 e. The Morgan fingerprint density at radius 3 is 1.40 bits per heavy atom. The Kier molecular flexibility index (Phi) is 11.7. The molecule has 0 radical (unpaired) electrons. The summed E-state index contributed by atoms with van der Waals surface area (Å²) in [4.78, 5) is 41.7. The van der Waals surface area contributed by atoms with Crippen LogP contribution < -0.4 is 5.32 Å². The van der Waals surface area contributed by atoms with E-state index in [1.807, 2.05) is 0 Å².